The van der Waals surface area contributed by atoms with Gasteiger partial charge in [-0.15, -0.1) is 0 Å². The number of ether oxygens (including phenoxy) is 1. The standard InChI is InChI=1S/C17H19NO5/c19-14-8-4-7-13(9-14)16(21)15(20)10-18-17(22)23-11-12-5-2-1-3-6-12/h1-9,15-16,19-21H,10-11H2,(H,18,22). The molecule has 2 aromatic carbocycles. The second-order valence-corrected chi connectivity index (χ2v) is 5.05. The largest absolute Gasteiger partial charge is 0.508 e. The molecule has 6 nitrogen and oxygen atoms in total. The zero-order valence-corrected chi connectivity index (χ0v) is 12.4. The Balaban J connectivity index is 1.77. The summed E-state index contributed by atoms with van der Waals surface area (Å²) in [6, 6.07) is 15.1. The van der Waals surface area contributed by atoms with E-state index in [1.807, 2.05) is 30.3 Å². The number of amides is 1. The smallest absolute Gasteiger partial charge is 0.407 e. The summed E-state index contributed by atoms with van der Waals surface area (Å²) >= 11 is 0. The van der Waals surface area contributed by atoms with Crippen LogP contribution in [0.1, 0.15) is 17.2 Å². The maximum absolute atomic E-state index is 11.6. The number of nitrogens with one attached hydrogen (secondary N) is 1. The SMILES string of the molecule is O=C(NCC(O)C(O)c1cccc(O)c1)OCc1ccccc1. The normalized spacial score (nSPS) is 13.1. The summed E-state index contributed by atoms with van der Waals surface area (Å²) < 4.78 is 5.00. The predicted molar refractivity (Wildman–Crippen MR) is 83.7 cm³/mol. The second kappa shape index (κ2) is 8.17. The van der Waals surface area contributed by atoms with Gasteiger partial charge in [-0.3, -0.25) is 0 Å². The van der Waals surface area contributed by atoms with Crippen LogP contribution in [-0.4, -0.2) is 34.1 Å². The van der Waals surface area contributed by atoms with Crippen LogP contribution in [-0.2, 0) is 11.3 Å². The molecule has 4 N–H and O–H groups in total. The third-order valence-corrected chi connectivity index (χ3v) is 3.24. The van der Waals surface area contributed by atoms with Crippen LogP contribution < -0.4 is 5.32 Å². The van der Waals surface area contributed by atoms with Gasteiger partial charge in [0, 0.05) is 6.54 Å². The first-order valence-corrected chi connectivity index (χ1v) is 7.16. The highest BCUT2D eigenvalue weighted by molar-refractivity contribution is 5.67. The Morgan fingerprint density at radius 2 is 1.83 bits per heavy atom. The molecular weight excluding hydrogens is 298 g/mol. The van der Waals surface area contributed by atoms with Gasteiger partial charge in [0.05, 0.1) is 0 Å². The van der Waals surface area contributed by atoms with Crippen molar-refractivity contribution in [1.29, 1.82) is 0 Å². The third-order valence-electron chi connectivity index (χ3n) is 3.24. The van der Waals surface area contributed by atoms with Crippen molar-refractivity contribution in [3.8, 4) is 5.75 Å². The number of benzene rings is 2. The molecule has 0 fully saturated rings. The first-order chi connectivity index (χ1) is 11.1. The molecule has 23 heavy (non-hydrogen) atoms. The molecule has 0 aliphatic rings. The highest BCUT2D eigenvalue weighted by atomic mass is 16.5. The van der Waals surface area contributed by atoms with Gasteiger partial charge < -0.3 is 25.4 Å². The topological polar surface area (TPSA) is 99.0 Å². The molecule has 0 saturated heterocycles. The van der Waals surface area contributed by atoms with Gasteiger partial charge >= 0.3 is 6.09 Å². The van der Waals surface area contributed by atoms with Gasteiger partial charge in [0.15, 0.2) is 0 Å². The van der Waals surface area contributed by atoms with Gasteiger partial charge in [-0.1, -0.05) is 42.5 Å². The van der Waals surface area contributed by atoms with Crippen molar-refractivity contribution in [3.05, 3.63) is 65.7 Å². The molecule has 2 rings (SSSR count). The number of aliphatic hydroxyl groups excluding tert-OH is 2. The molecule has 2 atom stereocenters. The molecule has 0 saturated carbocycles. The lowest BCUT2D eigenvalue weighted by Gasteiger charge is -2.18. The molecule has 0 spiro atoms. The molecular formula is C17H19NO5. The Morgan fingerprint density at radius 3 is 2.52 bits per heavy atom. The van der Waals surface area contributed by atoms with Gasteiger partial charge in [0.2, 0.25) is 0 Å². The number of rotatable bonds is 6. The molecule has 0 aliphatic carbocycles. The van der Waals surface area contributed by atoms with Crippen molar-refractivity contribution >= 4 is 6.09 Å². The summed E-state index contributed by atoms with van der Waals surface area (Å²) in [6.45, 7) is -0.0532. The van der Waals surface area contributed by atoms with E-state index in [9.17, 15) is 20.1 Å². The van der Waals surface area contributed by atoms with Gasteiger partial charge in [-0.25, -0.2) is 4.79 Å². The fourth-order valence-corrected chi connectivity index (χ4v) is 2.00. The maximum Gasteiger partial charge on any atom is 0.407 e. The van der Waals surface area contributed by atoms with E-state index in [1.54, 1.807) is 12.1 Å². The lowest BCUT2D eigenvalue weighted by Crippen LogP contribution is -2.35. The zero-order chi connectivity index (χ0) is 16.7. The molecule has 6 heteroatoms. The minimum atomic E-state index is -1.23. The van der Waals surface area contributed by atoms with Gasteiger partial charge in [0.25, 0.3) is 0 Å². The number of carbonyl (C=O) groups is 1. The number of aromatic hydroxyl groups is 1. The second-order valence-electron chi connectivity index (χ2n) is 5.05. The van der Waals surface area contributed by atoms with Crippen LogP contribution in [0.3, 0.4) is 0 Å². The Bertz CT molecular complexity index is 632. The Morgan fingerprint density at radius 1 is 1.09 bits per heavy atom. The van der Waals surface area contributed by atoms with E-state index in [-0.39, 0.29) is 18.9 Å². The number of phenols is 1. The number of aliphatic hydroxyl groups is 2. The van der Waals surface area contributed by atoms with Crippen molar-refractivity contribution in [2.75, 3.05) is 6.54 Å². The molecule has 0 radical (unpaired) electrons. The quantitative estimate of drug-likeness (QED) is 0.650. The number of phenolic OH excluding ortho intramolecular Hbond substituents is 1. The summed E-state index contributed by atoms with van der Waals surface area (Å²) in [5.41, 5.74) is 1.21. The van der Waals surface area contributed by atoms with Crippen LogP contribution >= 0.6 is 0 Å². The Kier molecular flexibility index (Phi) is 5.96. The summed E-state index contributed by atoms with van der Waals surface area (Å²) in [4.78, 5) is 11.6. The maximum atomic E-state index is 11.6. The van der Waals surface area contributed by atoms with Crippen LogP contribution in [0.4, 0.5) is 4.79 Å². The van der Waals surface area contributed by atoms with Gasteiger partial charge in [-0.05, 0) is 23.3 Å². The van der Waals surface area contributed by atoms with E-state index in [1.165, 1.54) is 12.1 Å². The average Bonchev–Trinajstić information content (AvgIpc) is 2.58. The summed E-state index contributed by atoms with van der Waals surface area (Å²) in [7, 11) is 0. The van der Waals surface area contributed by atoms with E-state index in [4.69, 9.17) is 4.74 Å². The van der Waals surface area contributed by atoms with E-state index < -0.39 is 18.3 Å². The van der Waals surface area contributed by atoms with E-state index in [0.717, 1.165) is 5.56 Å². The van der Waals surface area contributed by atoms with Gasteiger partial charge in [-0.2, -0.15) is 0 Å². The molecule has 2 aromatic rings. The average molecular weight is 317 g/mol. The number of alkyl carbamates (subject to hydrolysis) is 1. The van der Waals surface area contributed by atoms with Crippen LogP contribution in [0.15, 0.2) is 54.6 Å². The highest BCUT2D eigenvalue weighted by Gasteiger charge is 2.19. The molecule has 0 aliphatic heterocycles. The minimum absolute atomic E-state index is 0.0102. The van der Waals surface area contributed by atoms with Crippen molar-refractivity contribution in [2.24, 2.45) is 0 Å². The van der Waals surface area contributed by atoms with Crippen molar-refractivity contribution < 1.29 is 24.9 Å². The van der Waals surface area contributed by atoms with E-state index in [0.29, 0.717) is 5.56 Å². The summed E-state index contributed by atoms with van der Waals surface area (Å²) in [5, 5.41) is 31.6. The molecule has 0 bridgehead atoms. The van der Waals surface area contributed by atoms with Crippen LogP contribution in [0.25, 0.3) is 0 Å². The number of hydrogen-bond acceptors (Lipinski definition) is 5. The van der Waals surface area contributed by atoms with Crippen LogP contribution in [0.5, 0.6) is 5.75 Å². The third kappa shape index (κ3) is 5.28. The monoisotopic (exact) mass is 317 g/mol. The molecule has 0 aromatic heterocycles. The molecule has 122 valence electrons. The van der Waals surface area contributed by atoms with Crippen molar-refractivity contribution in [2.45, 2.75) is 18.8 Å². The summed E-state index contributed by atoms with van der Waals surface area (Å²) in [5.74, 6) is -0.0102. The van der Waals surface area contributed by atoms with Crippen molar-refractivity contribution in [1.82, 2.24) is 5.32 Å². The van der Waals surface area contributed by atoms with Gasteiger partial charge in [0.1, 0.15) is 24.6 Å². The molecule has 1 amide bonds. The number of carbonyl (C=O) groups excluding carboxylic acids is 1. The lowest BCUT2D eigenvalue weighted by atomic mass is 10.0. The first kappa shape index (κ1) is 16.8. The Labute approximate surface area is 134 Å². The minimum Gasteiger partial charge on any atom is -0.508 e. The first-order valence-electron chi connectivity index (χ1n) is 7.16. The van der Waals surface area contributed by atoms with Crippen LogP contribution in [0.2, 0.25) is 0 Å². The molecule has 2 unspecified atom stereocenters. The van der Waals surface area contributed by atoms with E-state index >= 15 is 0 Å². The fraction of sp³-hybridized carbons (Fsp3) is 0.235. The predicted octanol–water partition coefficient (Wildman–Crippen LogP) is 1.71. The van der Waals surface area contributed by atoms with Crippen molar-refractivity contribution in [3.63, 3.8) is 0 Å². The highest BCUT2D eigenvalue weighted by Crippen LogP contribution is 2.20. The number of hydrogen-bond donors (Lipinski definition) is 4. The van der Waals surface area contributed by atoms with E-state index in [2.05, 4.69) is 5.32 Å². The zero-order valence-electron chi connectivity index (χ0n) is 12.4. The Hall–Kier alpha value is -2.57. The fourth-order valence-electron chi connectivity index (χ4n) is 2.00. The van der Waals surface area contributed by atoms with Crippen LogP contribution in [0, 0.1) is 0 Å². The summed E-state index contributed by atoms with van der Waals surface area (Å²) in [6.07, 6.45) is -3.13. The lowest BCUT2D eigenvalue weighted by molar-refractivity contribution is 0.0183. The molecule has 0 heterocycles.